The Morgan fingerprint density at radius 2 is 1.15 bits per heavy atom. The summed E-state index contributed by atoms with van der Waals surface area (Å²) in [5.41, 5.74) is 5.69. The minimum Gasteiger partial charge on any atom is -0.316 e. The van der Waals surface area contributed by atoms with Gasteiger partial charge in [0, 0.05) is 0 Å². The minimum absolute atomic E-state index is 0. The molecule has 0 atom stereocenters. The maximum atomic E-state index is 3.44. The van der Waals surface area contributed by atoms with Gasteiger partial charge in [-0.2, -0.15) is 0 Å². The standard InChI is InChI=1S/C18H19N.ClH/c1-3-7-15(8-4-1)18(16-9-5-2-6-10-16)17-11-13-19-14-12-17;/h1-10,19H,11-14H2;1H. The SMILES string of the molecule is Cl.c1ccc(C(=C2CCNCC2)c2ccccc2)cc1. The number of benzene rings is 2. The summed E-state index contributed by atoms with van der Waals surface area (Å²) in [5, 5.41) is 3.44. The molecule has 1 fully saturated rings. The van der Waals surface area contributed by atoms with Crippen LogP contribution < -0.4 is 5.32 Å². The van der Waals surface area contributed by atoms with E-state index in [0.717, 1.165) is 25.9 Å². The van der Waals surface area contributed by atoms with Gasteiger partial charge < -0.3 is 5.32 Å². The average Bonchev–Trinajstić information content (AvgIpc) is 2.51. The Bertz CT molecular complexity index is 511. The van der Waals surface area contributed by atoms with Crippen LogP contribution in [0.25, 0.3) is 5.57 Å². The summed E-state index contributed by atoms with van der Waals surface area (Å²) >= 11 is 0. The lowest BCUT2D eigenvalue weighted by Gasteiger charge is -2.21. The quantitative estimate of drug-likeness (QED) is 0.868. The lowest BCUT2D eigenvalue weighted by Crippen LogP contribution is -2.23. The van der Waals surface area contributed by atoms with E-state index in [2.05, 4.69) is 66.0 Å². The van der Waals surface area contributed by atoms with Crippen LogP contribution in [-0.2, 0) is 0 Å². The van der Waals surface area contributed by atoms with E-state index in [0.29, 0.717) is 0 Å². The molecule has 0 amide bonds. The van der Waals surface area contributed by atoms with Gasteiger partial charge in [0.25, 0.3) is 0 Å². The van der Waals surface area contributed by atoms with E-state index in [1.54, 1.807) is 5.57 Å². The molecule has 0 aromatic heterocycles. The van der Waals surface area contributed by atoms with Crippen molar-refractivity contribution in [1.29, 1.82) is 0 Å². The van der Waals surface area contributed by atoms with E-state index in [9.17, 15) is 0 Å². The molecule has 0 aliphatic carbocycles. The summed E-state index contributed by atoms with van der Waals surface area (Å²) < 4.78 is 0. The Morgan fingerprint density at radius 1 is 0.700 bits per heavy atom. The lowest BCUT2D eigenvalue weighted by atomic mass is 9.89. The van der Waals surface area contributed by atoms with Crippen molar-refractivity contribution in [3.8, 4) is 0 Å². The molecule has 0 radical (unpaired) electrons. The third kappa shape index (κ3) is 3.30. The van der Waals surface area contributed by atoms with Gasteiger partial charge in [-0.3, -0.25) is 0 Å². The molecule has 20 heavy (non-hydrogen) atoms. The number of piperidine rings is 1. The summed E-state index contributed by atoms with van der Waals surface area (Å²) in [7, 11) is 0. The molecule has 2 heteroatoms. The van der Waals surface area contributed by atoms with Crippen molar-refractivity contribution < 1.29 is 0 Å². The molecule has 1 aliphatic rings. The Balaban J connectivity index is 0.00000147. The number of nitrogens with one attached hydrogen (secondary N) is 1. The second-order valence-corrected chi connectivity index (χ2v) is 4.96. The highest BCUT2D eigenvalue weighted by Gasteiger charge is 2.13. The molecule has 0 saturated carbocycles. The number of rotatable bonds is 2. The fraction of sp³-hybridized carbons (Fsp3) is 0.222. The van der Waals surface area contributed by atoms with E-state index in [1.165, 1.54) is 16.7 Å². The van der Waals surface area contributed by atoms with E-state index in [1.807, 2.05) is 0 Å². The van der Waals surface area contributed by atoms with Crippen LogP contribution in [0.5, 0.6) is 0 Å². The van der Waals surface area contributed by atoms with Gasteiger partial charge >= 0.3 is 0 Å². The third-order valence-electron chi connectivity index (χ3n) is 3.69. The maximum absolute atomic E-state index is 3.44. The van der Waals surface area contributed by atoms with Gasteiger partial charge in [-0.05, 0) is 42.6 Å². The van der Waals surface area contributed by atoms with Crippen LogP contribution in [0.15, 0.2) is 66.2 Å². The minimum atomic E-state index is 0. The number of hydrogen-bond acceptors (Lipinski definition) is 1. The summed E-state index contributed by atoms with van der Waals surface area (Å²) in [4.78, 5) is 0. The van der Waals surface area contributed by atoms with Crippen LogP contribution in [-0.4, -0.2) is 13.1 Å². The van der Waals surface area contributed by atoms with E-state index in [-0.39, 0.29) is 12.4 Å². The molecule has 0 spiro atoms. The molecule has 2 aromatic rings. The Morgan fingerprint density at radius 3 is 1.60 bits per heavy atom. The van der Waals surface area contributed by atoms with E-state index < -0.39 is 0 Å². The number of halogens is 1. The summed E-state index contributed by atoms with van der Waals surface area (Å²) in [6.45, 7) is 2.19. The van der Waals surface area contributed by atoms with Gasteiger partial charge in [-0.15, -0.1) is 12.4 Å². The highest BCUT2D eigenvalue weighted by Crippen LogP contribution is 2.30. The number of hydrogen-bond donors (Lipinski definition) is 1. The summed E-state index contributed by atoms with van der Waals surface area (Å²) in [6.07, 6.45) is 2.30. The van der Waals surface area contributed by atoms with Crippen LogP contribution in [0, 0.1) is 0 Å². The first-order valence-corrected chi connectivity index (χ1v) is 6.99. The molecule has 1 aliphatic heterocycles. The van der Waals surface area contributed by atoms with Gasteiger partial charge in [0.1, 0.15) is 0 Å². The Hall–Kier alpha value is -1.57. The van der Waals surface area contributed by atoms with Crippen molar-refractivity contribution in [2.75, 3.05) is 13.1 Å². The summed E-state index contributed by atoms with van der Waals surface area (Å²) in [5.74, 6) is 0. The molecule has 3 rings (SSSR count). The zero-order chi connectivity index (χ0) is 12.9. The molecule has 2 aromatic carbocycles. The Labute approximate surface area is 127 Å². The van der Waals surface area contributed by atoms with Crippen LogP contribution in [0.3, 0.4) is 0 Å². The first-order chi connectivity index (χ1) is 9.45. The third-order valence-corrected chi connectivity index (χ3v) is 3.69. The lowest BCUT2D eigenvalue weighted by molar-refractivity contribution is 0.611. The van der Waals surface area contributed by atoms with Crippen LogP contribution in [0.4, 0.5) is 0 Å². The van der Waals surface area contributed by atoms with Gasteiger partial charge in [0.05, 0.1) is 0 Å². The maximum Gasteiger partial charge on any atom is -0.00111 e. The van der Waals surface area contributed by atoms with Crippen molar-refractivity contribution in [1.82, 2.24) is 5.32 Å². The van der Waals surface area contributed by atoms with Crippen molar-refractivity contribution in [3.05, 3.63) is 77.4 Å². The van der Waals surface area contributed by atoms with Gasteiger partial charge in [-0.1, -0.05) is 66.2 Å². The van der Waals surface area contributed by atoms with E-state index >= 15 is 0 Å². The van der Waals surface area contributed by atoms with E-state index in [4.69, 9.17) is 0 Å². The molecule has 1 heterocycles. The molecular formula is C18H20ClN. The fourth-order valence-corrected chi connectivity index (χ4v) is 2.76. The molecule has 1 nitrogen and oxygen atoms in total. The normalized spacial score (nSPS) is 14.5. The monoisotopic (exact) mass is 285 g/mol. The molecular weight excluding hydrogens is 266 g/mol. The van der Waals surface area contributed by atoms with Crippen molar-refractivity contribution >= 4 is 18.0 Å². The van der Waals surface area contributed by atoms with Crippen LogP contribution in [0.2, 0.25) is 0 Å². The smallest absolute Gasteiger partial charge is 0.00111 e. The second-order valence-electron chi connectivity index (χ2n) is 4.96. The van der Waals surface area contributed by atoms with Crippen molar-refractivity contribution in [2.45, 2.75) is 12.8 Å². The molecule has 0 unspecified atom stereocenters. The highest BCUT2D eigenvalue weighted by molar-refractivity contribution is 5.85. The average molecular weight is 286 g/mol. The van der Waals surface area contributed by atoms with Crippen molar-refractivity contribution in [2.24, 2.45) is 0 Å². The van der Waals surface area contributed by atoms with Gasteiger partial charge in [0.15, 0.2) is 0 Å². The topological polar surface area (TPSA) is 12.0 Å². The zero-order valence-electron chi connectivity index (χ0n) is 11.5. The predicted molar refractivity (Wildman–Crippen MR) is 88.3 cm³/mol. The molecule has 1 saturated heterocycles. The first-order valence-electron chi connectivity index (χ1n) is 6.99. The fourth-order valence-electron chi connectivity index (χ4n) is 2.76. The largest absolute Gasteiger partial charge is 0.316 e. The molecule has 104 valence electrons. The Kier molecular flexibility index (Phi) is 5.40. The zero-order valence-corrected chi connectivity index (χ0v) is 12.3. The van der Waals surface area contributed by atoms with Gasteiger partial charge in [-0.25, -0.2) is 0 Å². The van der Waals surface area contributed by atoms with Crippen LogP contribution in [0.1, 0.15) is 24.0 Å². The van der Waals surface area contributed by atoms with Crippen LogP contribution >= 0.6 is 12.4 Å². The van der Waals surface area contributed by atoms with Crippen molar-refractivity contribution in [3.63, 3.8) is 0 Å². The highest BCUT2D eigenvalue weighted by atomic mass is 35.5. The molecule has 0 bridgehead atoms. The van der Waals surface area contributed by atoms with Gasteiger partial charge in [0.2, 0.25) is 0 Å². The second kappa shape index (κ2) is 7.28. The predicted octanol–water partition coefficient (Wildman–Crippen LogP) is 4.29. The molecule has 1 N–H and O–H groups in total. The first kappa shape index (κ1) is 14.8. The summed E-state index contributed by atoms with van der Waals surface area (Å²) in [6, 6.07) is 21.5.